The molecule has 4 nitrogen and oxygen atoms in total. The topological polar surface area (TPSA) is 35.9 Å². The molecule has 1 aliphatic carbocycles. The van der Waals surface area contributed by atoms with E-state index in [1.54, 1.807) is 6.07 Å². The Morgan fingerprint density at radius 3 is 2.44 bits per heavy atom. The van der Waals surface area contributed by atoms with Crippen molar-refractivity contribution in [3.8, 4) is 5.75 Å². The molecule has 2 heterocycles. The first-order valence-corrected chi connectivity index (χ1v) is 12.3. The number of halogens is 3. The van der Waals surface area contributed by atoms with Gasteiger partial charge in [-0.1, -0.05) is 25.5 Å². The second kappa shape index (κ2) is 9.90. The number of benzene rings is 1. The molecule has 2 aliphatic heterocycles. The van der Waals surface area contributed by atoms with E-state index in [1.807, 2.05) is 6.07 Å². The fourth-order valence-electron chi connectivity index (χ4n) is 6.14. The van der Waals surface area contributed by atoms with Gasteiger partial charge in [-0.05, 0) is 94.7 Å². The number of nitrogens with zero attached hydrogens (tertiary/aromatic N) is 2. The van der Waals surface area contributed by atoms with Crippen LogP contribution in [0.25, 0.3) is 0 Å². The van der Waals surface area contributed by atoms with E-state index in [-0.39, 0.29) is 11.7 Å². The third-order valence-corrected chi connectivity index (χ3v) is 7.82. The van der Waals surface area contributed by atoms with Gasteiger partial charge < -0.3 is 19.6 Å². The van der Waals surface area contributed by atoms with Crippen LogP contribution in [-0.4, -0.2) is 65.6 Å². The van der Waals surface area contributed by atoms with Crippen LogP contribution in [0.5, 0.6) is 5.75 Å². The summed E-state index contributed by atoms with van der Waals surface area (Å²) in [5.41, 5.74) is -0.151. The summed E-state index contributed by atoms with van der Waals surface area (Å²) < 4.78 is 42.5. The van der Waals surface area contributed by atoms with Gasteiger partial charge in [-0.3, -0.25) is 0 Å². The maximum Gasteiger partial charge on any atom is 0.573 e. The van der Waals surface area contributed by atoms with E-state index in [9.17, 15) is 18.3 Å². The van der Waals surface area contributed by atoms with E-state index in [0.717, 1.165) is 37.9 Å². The monoisotopic (exact) mass is 454 g/mol. The van der Waals surface area contributed by atoms with Crippen LogP contribution >= 0.6 is 0 Å². The first kappa shape index (κ1) is 23.8. The fourth-order valence-corrected chi connectivity index (χ4v) is 6.14. The molecule has 180 valence electrons. The van der Waals surface area contributed by atoms with Gasteiger partial charge in [-0.15, -0.1) is 13.2 Å². The highest BCUT2D eigenvalue weighted by atomic mass is 19.4. The predicted octanol–water partition coefficient (Wildman–Crippen LogP) is 5.17. The zero-order chi connectivity index (χ0) is 22.8. The minimum atomic E-state index is -4.72. The summed E-state index contributed by atoms with van der Waals surface area (Å²) in [6, 6.07) is 6.89. The van der Waals surface area contributed by atoms with E-state index in [1.165, 1.54) is 44.5 Å². The number of alkyl halides is 3. The molecular weight excluding hydrogens is 417 g/mol. The van der Waals surface area contributed by atoms with E-state index in [0.29, 0.717) is 31.3 Å². The Hall–Kier alpha value is -1.31. The van der Waals surface area contributed by atoms with Gasteiger partial charge in [0.15, 0.2) is 0 Å². The zero-order valence-corrected chi connectivity index (χ0v) is 19.1. The Morgan fingerprint density at radius 1 is 1.09 bits per heavy atom. The molecule has 3 aliphatic rings. The van der Waals surface area contributed by atoms with Crippen molar-refractivity contribution in [1.29, 1.82) is 0 Å². The normalized spacial score (nSPS) is 29.8. The molecule has 1 saturated carbocycles. The zero-order valence-electron chi connectivity index (χ0n) is 19.1. The lowest BCUT2D eigenvalue weighted by atomic mass is 9.79. The molecule has 3 fully saturated rings. The average molecular weight is 455 g/mol. The lowest BCUT2D eigenvalue weighted by Gasteiger charge is -2.43. The Labute approximate surface area is 189 Å². The van der Waals surface area contributed by atoms with Crippen LogP contribution in [0.15, 0.2) is 24.3 Å². The molecule has 0 aromatic heterocycles. The van der Waals surface area contributed by atoms with Gasteiger partial charge in [0.1, 0.15) is 5.75 Å². The van der Waals surface area contributed by atoms with Gasteiger partial charge >= 0.3 is 6.36 Å². The Kier molecular flexibility index (Phi) is 7.37. The van der Waals surface area contributed by atoms with Crippen molar-refractivity contribution in [2.75, 3.05) is 32.7 Å². The predicted molar refractivity (Wildman–Crippen MR) is 119 cm³/mol. The number of aliphatic hydroxyl groups is 1. The molecule has 7 heteroatoms. The maximum absolute atomic E-state index is 12.8. The number of piperidine rings is 2. The van der Waals surface area contributed by atoms with Crippen molar-refractivity contribution in [3.05, 3.63) is 29.8 Å². The van der Waals surface area contributed by atoms with Crippen molar-refractivity contribution in [1.82, 2.24) is 9.80 Å². The smallest absolute Gasteiger partial charge is 0.406 e. The molecule has 3 unspecified atom stereocenters. The molecular formula is C25H37F3N2O2. The molecule has 0 bridgehead atoms. The van der Waals surface area contributed by atoms with E-state index < -0.39 is 12.0 Å². The van der Waals surface area contributed by atoms with Gasteiger partial charge in [-0.2, -0.15) is 0 Å². The van der Waals surface area contributed by atoms with Crippen molar-refractivity contribution < 1.29 is 23.0 Å². The standard InChI is InChI=1S/C25H37F3N2O2/c1-19-8-11-24(31,17-19)23(20-6-5-7-22(16-20)32-25(26,27)28)18-29-14-9-21(10-15-29)30-12-3-2-4-13-30/h5-7,16,19,21,23,31H,2-4,8-15,17-18H2,1H3. The summed E-state index contributed by atoms with van der Waals surface area (Å²) in [4.78, 5) is 5.05. The SMILES string of the molecule is CC1CCC(O)(C(CN2CCC(N3CCCCC3)CC2)c2cccc(OC(F)(F)F)c2)C1. The second-order valence-electron chi connectivity index (χ2n) is 10.3. The van der Waals surface area contributed by atoms with Crippen LogP contribution in [0.3, 0.4) is 0 Å². The Morgan fingerprint density at radius 2 is 1.81 bits per heavy atom. The van der Waals surface area contributed by atoms with E-state index in [2.05, 4.69) is 21.5 Å². The number of likely N-dealkylation sites (tertiary alicyclic amines) is 2. The van der Waals surface area contributed by atoms with Crippen LogP contribution in [0.4, 0.5) is 13.2 Å². The summed E-state index contributed by atoms with van der Waals surface area (Å²) >= 11 is 0. The minimum Gasteiger partial charge on any atom is -0.406 e. The molecule has 4 rings (SSSR count). The van der Waals surface area contributed by atoms with Crippen molar-refractivity contribution in [2.45, 2.75) is 82.2 Å². The molecule has 0 spiro atoms. The molecule has 0 radical (unpaired) electrons. The average Bonchev–Trinajstić information content (AvgIpc) is 3.11. The van der Waals surface area contributed by atoms with E-state index >= 15 is 0 Å². The number of rotatable bonds is 6. The van der Waals surface area contributed by atoms with Gasteiger partial charge in [-0.25, -0.2) is 0 Å². The first-order chi connectivity index (χ1) is 15.2. The summed E-state index contributed by atoms with van der Waals surface area (Å²) in [6.07, 6.45) is 3.78. The van der Waals surface area contributed by atoms with Gasteiger partial charge in [0.05, 0.1) is 5.60 Å². The molecule has 1 aromatic carbocycles. The minimum absolute atomic E-state index is 0.210. The fraction of sp³-hybridized carbons (Fsp3) is 0.760. The molecule has 1 aromatic rings. The number of hydrogen-bond donors (Lipinski definition) is 1. The van der Waals surface area contributed by atoms with Gasteiger partial charge in [0.2, 0.25) is 0 Å². The van der Waals surface area contributed by atoms with Crippen molar-refractivity contribution in [2.24, 2.45) is 5.92 Å². The van der Waals surface area contributed by atoms with Gasteiger partial charge in [0.25, 0.3) is 0 Å². The highest BCUT2D eigenvalue weighted by Gasteiger charge is 2.44. The molecule has 32 heavy (non-hydrogen) atoms. The number of ether oxygens (including phenoxy) is 1. The third-order valence-electron chi connectivity index (χ3n) is 7.82. The lowest BCUT2D eigenvalue weighted by Crippen LogP contribution is -2.49. The summed E-state index contributed by atoms with van der Waals surface area (Å²) in [6.45, 7) is 7.17. The van der Waals surface area contributed by atoms with Crippen LogP contribution in [0, 0.1) is 5.92 Å². The maximum atomic E-state index is 12.8. The van der Waals surface area contributed by atoms with E-state index in [4.69, 9.17) is 0 Å². The summed E-state index contributed by atoms with van der Waals surface area (Å²) in [5, 5.41) is 11.6. The highest BCUT2D eigenvalue weighted by molar-refractivity contribution is 5.33. The van der Waals surface area contributed by atoms with Crippen LogP contribution in [-0.2, 0) is 0 Å². The molecule has 0 amide bonds. The van der Waals surface area contributed by atoms with Crippen LogP contribution < -0.4 is 4.74 Å². The van der Waals surface area contributed by atoms with Crippen molar-refractivity contribution in [3.63, 3.8) is 0 Å². The third kappa shape index (κ3) is 5.97. The Balaban J connectivity index is 1.47. The summed E-state index contributed by atoms with van der Waals surface area (Å²) in [7, 11) is 0. The highest BCUT2D eigenvalue weighted by Crippen LogP contribution is 2.45. The van der Waals surface area contributed by atoms with Gasteiger partial charge in [0, 0.05) is 18.5 Å². The van der Waals surface area contributed by atoms with Crippen LogP contribution in [0.1, 0.15) is 69.8 Å². The van der Waals surface area contributed by atoms with Crippen LogP contribution in [0.2, 0.25) is 0 Å². The Bertz CT molecular complexity index is 745. The molecule has 1 N–H and O–H groups in total. The summed E-state index contributed by atoms with van der Waals surface area (Å²) in [5.74, 6) is -0.0174. The lowest BCUT2D eigenvalue weighted by molar-refractivity contribution is -0.274. The second-order valence-corrected chi connectivity index (χ2v) is 10.3. The molecule has 2 saturated heterocycles. The first-order valence-electron chi connectivity index (χ1n) is 12.3. The quantitative estimate of drug-likeness (QED) is 0.643. The molecule has 3 atom stereocenters. The number of hydrogen-bond acceptors (Lipinski definition) is 4. The largest absolute Gasteiger partial charge is 0.573 e. The van der Waals surface area contributed by atoms with Crippen molar-refractivity contribution >= 4 is 0 Å².